The summed E-state index contributed by atoms with van der Waals surface area (Å²) in [5.41, 5.74) is -1.83. The lowest BCUT2D eigenvalue weighted by Crippen LogP contribution is -2.55. The molecule has 6 rings (SSSR count). The van der Waals surface area contributed by atoms with Crippen molar-refractivity contribution in [1.29, 1.82) is 0 Å². The SMILES string of the molecule is Cn1c(-c2cn(-c3ccc([N+](=O)[O-])cn3)nc2C(F)(F)F)cnc1C(=O)Nc1ccc(C(=O)N2CCN(C(=O)[C@H]3NCC[C@@H]3O)CC2)c(Cl)c1. The van der Waals surface area contributed by atoms with Gasteiger partial charge in [-0.25, -0.2) is 14.6 Å². The molecule has 0 bridgehead atoms. The lowest BCUT2D eigenvalue weighted by atomic mass is 10.1. The molecule has 16 nitrogen and oxygen atoms in total. The fraction of sp³-hybridized carbons (Fsp3) is 0.333. The number of carbonyl (C=O) groups excluding carboxylic acids is 3. The van der Waals surface area contributed by atoms with Crippen LogP contribution in [-0.4, -0.2) is 107 Å². The van der Waals surface area contributed by atoms with Crippen LogP contribution in [0, 0.1) is 10.1 Å². The molecule has 3 amide bonds. The highest BCUT2D eigenvalue weighted by atomic mass is 35.5. The van der Waals surface area contributed by atoms with Crippen molar-refractivity contribution in [2.24, 2.45) is 7.05 Å². The number of rotatable bonds is 7. The molecule has 5 heterocycles. The fourth-order valence-electron chi connectivity index (χ4n) is 5.77. The number of imidazole rings is 1. The van der Waals surface area contributed by atoms with Crippen LogP contribution in [-0.2, 0) is 18.0 Å². The zero-order chi connectivity index (χ0) is 35.9. The molecule has 2 aliphatic rings. The summed E-state index contributed by atoms with van der Waals surface area (Å²) < 4.78 is 44.0. The van der Waals surface area contributed by atoms with E-state index >= 15 is 0 Å². The lowest BCUT2D eigenvalue weighted by molar-refractivity contribution is -0.385. The van der Waals surface area contributed by atoms with Gasteiger partial charge in [0.2, 0.25) is 5.91 Å². The number of pyridine rings is 1. The number of aromatic nitrogens is 5. The van der Waals surface area contributed by atoms with Crippen molar-refractivity contribution >= 4 is 40.7 Å². The second kappa shape index (κ2) is 13.5. The Balaban J connectivity index is 1.14. The highest BCUT2D eigenvalue weighted by Crippen LogP contribution is 2.37. The van der Waals surface area contributed by atoms with Crippen LogP contribution in [0.4, 0.5) is 24.5 Å². The van der Waals surface area contributed by atoms with Crippen molar-refractivity contribution in [1.82, 2.24) is 39.4 Å². The summed E-state index contributed by atoms with van der Waals surface area (Å²) in [6.07, 6.45) is -2.18. The van der Waals surface area contributed by atoms with Gasteiger partial charge in [-0.3, -0.25) is 24.5 Å². The van der Waals surface area contributed by atoms with Gasteiger partial charge < -0.3 is 30.1 Å². The van der Waals surface area contributed by atoms with Gasteiger partial charge in [-0.05, 0) is 37.2 Å². The number of halogens is 4. The van der Waals surface area contributed by atoms with E-state index in [0.29, 0.717) is 13.0 Å². The van der Waals surface area contributed by atoms with Crippen LogP contribution in [0.3, 0.4) is 0 Å². The maximum absolute atomic E-state index is 14.0. The van der Waals surface area contributed by atoms with Crippen LogP contribution < -0.4 is 10.6 Å². The molecule has 2 atom stereocenters. The fourth-order valence-corrected chi connectivity index (χ4v) is 6.03. The van der Waals surface area contributed by atoms with E-state index in [2.05, 4.69) is 25.7 Å². The number of aliphatic hydroxyl groups excluding tert-OH is 1. The minimum atomic E-state index is -4.91. The van der Waals surface area contributed by atoms with E-state index in [4.69, 9.17) is 11.6 Å². The Kier molecular flexibility index (Phi) is 9.29. The third-order valence-electron chi connectivity index (χ3n) is 8.42. The molecule has 0 spiro atoms. The Bertz CT molecular complexity index is 1970. The Hall–Kier alpha value is -5.40. The summed E-state index contributed by atoms with van der Waals surface area (Å²) in [7, 11) is 1.34. The van der Waals surface area contributed by atoms with Crippen molar-refractivity contribution in [2.75, 3.05) is 38.0 Å². The Morgan fingerprint density at radius 2 is 1.80 bits per heavy atom. The molecule has 3 aromatic heterocycles. The molecule has 1 aromatic carbocycles. The number of aliphatic hydroxyl groups is 1. The zero-order valence-corrected chi connectivity index (χ0v) is 26.9. The first-order valence-electron chi connectivity index (χ1n) is 15.1. The van der Waals surface area contributed by atoms with Gasteiger partial charge in [0.25, 0.3) is 17.5 Å². The molecule has 262 valence electrons. The Morgan fingerprint density at radius 3 is 2.40 bits per heavy atom. The number of hydrogen-bond donors (Lipinski definition) is 3. The summed E-state index contributed by atoms with van der Waals surface area (Å²) in [5.74, 6) is -1.73. The molecule has 3 N–H and O–H groups in total. The predicted octanol–water partition coefficient (Wildman–Crippen LogP) is 2.51. The van der Waals surface area contributed by atoms with Crippen molar-refractivity contribution < 1.29 is 37.6 Å². The lowest BCUT2D eigenvalue weighted by Gasteiger charge is -2.36. The van der Waals surface area contributed by atoms with Crippen molar-refractivity contribution in [2.45, 2.75) is 24.7 Å². The van der Waals surface area contributed by atoms with Crippen LogP contribution in [0.2, 0.25) is 5.02 Å². The number of carbonyl (C=O) groups is 3. The third-order valence-corrected chi connectivity index (χ3v) is 8.73. The monoisotopic (exact) mass is 716 g/mol. The molecule has 20 heteroatoms. The van der Waals surface area contributed by atoms with Gasteiger partial charge in [0, 0.05) is 51.2 Å². The number of alkyl halides is 3. The van der Waals surface area contributed by atoms with Crippen LogP contribution in [0.25, 0.3) is 17.1 Å². The number of hydrogen-bond acceptors (Lipinski definition) is 10. The smallest absolute Gasteiger partial charge is 0.391 e. The van der Waals surface area contributed by atoms with Gasteiger partial charge in [0.1, 0.15) is 12.2 Å². The van der Waals surface area contributed by atoms with Crippen LogP contribution in [0.5, 0.6) is 0 Å². The zero-order valence-electron chi connectivity index (χ0n) is 26.1. The van der Waals surface area contributed by atoms with Crippen molar-refractivity contribution in [3.63, 3.8) is 0 Å². The van der Waals surface area contributed by atoms with E-state index in [1.54, 1.807) is 9.80 Å². The molecular weight excluding hydrogens is 689 g/mol. The van der Waals surface area contributed by atoms with Crippen LogP contribution in [0.15, 0.2) is 48.9 Å². The molecule has 2 saturated heterocycles. The number of nitro groups is 1. The largest absolute Gasteiger partial charge is 0.435 e. The molecular formula is C30H28ClF3N10O6. The average molecular weight is 717 g/mol. The van der Waals surface area contributed by atoms with E-state index in [1.807, 2.05) is 0 Å². The van der Waals surface area contributed by atoms with E-state index < -0.39 is 40.4 Å². The first-order valence-corrected chi connectivity index (χ1v) is 15.5. The van der Waals surface area contributed by atoms with Crippen molar-refractivity contribution in [3.8, 4) is 17.1 Å². The maximum Gasteiger partial charge on any atom is 0.435 e. The second-order valence-electron chi connectivity index (χ2n) is 11.5. The highest BCUT2D eigenvalue weighted by molar-refractivity contribution is 6.34. The molecule has 0 radical (unpaired) electrons. The summed E-state index contributed by atoms with van der Waals surface area (Å²) in [5, 5.41) is 30.2. The van der Waals surface area contributed by atoms with Gasteiger partial charge in [-0.15, -0.1) is 0 Å². The van der Waals surface area contributed by atoms with E-state index in [1.165, 1.54) is 25.2 Å². The minimum Gasteiger partial charge on any atom is -0.391 e. The molecule has 0 unspecified atom stereocenters. The van der Waals surface area contributed by atoms with Crippen LogP contribution >= 0.6 is 11.6 Å². The average Bonchev–Trinajstić information content (AvgIpc) is 3.82. The third kappa shape index (κ3) is 6.74. The van der Waals surface area contributed by atoms with Gasteiger partial charge in [-0.1, -0.05) is 11.6 Å². The van der Waals surface area contributed by atoms with E-state index in [-0.39, 0.29) is 77.3 Å². The Morgan fingerprint density at radius 1 is 1.08 bits per heavy atom. The molecule has 4 aromatic rings. The molecule has 2 fully saturated rings. The van der Waals surface area contributed by atoms with Gasteiger partial charge in [0.15, 0.2) is 17.3 Å². The first-order chi connectivity index (χ1) is 23.7. The maximum atomic E-state index is 14.0. The minimum absolute atomic E-state index is 0.0344. The number of nitrogens with zero attached hydrogens (tertiary/aromatic N) is 8. The predicted molar refractivity (Wildman–Crippen MR) is 170 cm³/mol. The number of nitrogens with one attached hydrogen (secondary N) is 2. The molecule has 0 saturated carbocycles. The normalized spacial score (nSPS) is 18.0. The van der Waals surface area contributed by atoms with E-state index in [0.717, 1.165) is 40.0 Å². The topological polar surface area (TPSA) is 194 Å². The quantitative estimate of drug-likeness (QED) is 0.189. The summed E-state index contributed by atoms with van der Waals surface area (Å²) in [4.78, 5) is 60.4. The van der Waals surface area contributed by atoms with Gasteiger partial charge in [-0.2, -0.15) is 18.3 Å². The van der Waals surface area contributed by atoms with Gasteiger partial charge in [0.05, 0.1) is 39.1 Å². The summed E-state index contributed by atoms with van der Waals surface area (Å²) in [6, 6.07) is 5.78. The second-order valence-corrected chi connectivity index (χ2v) is 12.0. The number of amides is 3. The number of benzene rings is 1. The summed E-state index contributed by atoms with van der Waals surface area (Å²) >= 11 is 6.43. The molecule has 0 aliphatic carbocycles. The number of piperazine rings is 1. The standard InChI is InChI=1S/C30H28ClF3N10O6/c1-40-21(19-15-43(39-25(19)30(32,33)34)23-5-3-17(13-36-23)44(49)50)14-37-26(40)27(46)38-16-2-4-18(20(31)12-16)28(47)41-8-10-42(11-9-41)29(48)24-22(45)6-7-35-24/h2-5,12-15,22,24,35,45H,6-11H2,1H3,(H,38,46)/t22-,24-/m0/s1. The first kappa shape index (κ1) is 34.5. The molecule has 50 heavy (non-hydrogen) atoms. The Labute approximate surface area is 285 Å². The van der Waals surface area contributed by atoms with Crippen molar-refractivity contribution in [3.05, 3.63) is 81.1 Å². The highest BCUT2D eigenvalue weighted by Gasteiger charge is 2.39. The molecule has 2 aliphatic heterocycles. The number of anilines is 1. The summed E-state index contributed by atoms with van der Waals surface area (Å²) in [6.45, 7) is 1.62. The van der Waals surface area contributed by atoms with E-state index in [9.17, 15) is 42.8 Å². The van der Waals surface area contributed by atoms with Crippen LogP contribution in [0.1, 0.15) is 33.1 Å². The van der Waals surface area contributed by atoms with Gasteiger partial charge >= 0.3 is 6.18 Å².